The highest BCUT2D eigenvalue weighted by atomic mass is 16.6. The van der Waals surface area contributed by atoms with Crippen LogP contribution < -0.4 is 5.32 Å². The number of carboxylic acid groups (broad SMARTS) is 1. The van der Waals surface area contributed by atoms with Gasteiger partial charge in [-0.2, -0.15) is 0 Å². The minimum absolute atomic E-state index is 0.0151. The number of aromatic hydroxyl groups is 1. The molecule has 22 heavy (non-hydrogen) atoms. The van der Waals surface area contributed by atoms with E-state index < -0.39 is 24.0 Å². The molecule has 0 radical (unpaired) electrons. The zero-order valence-corrected chi connectivity index (χ0v) is 11.7. The summed E-state index contributed by atoms with van der Waals surface area (Å²) in [5.74, 6) is -1.42. The van der Waals surface area contributed by atoms with Gasteiger partial charge in [0.05, 0.1) is 13.0 Å². The summed E-state index contributed by atoms with van der Waals surface area (Å²) in [4.78, 5) is 35.4. The van der Waals surface area contributed by atoms with Crippen molar-refractivity contribution in [3.63, 3.8) is 0 Å². The fourth-order valence-corrected chi connectivity index (χ4v) is 2.10. The van der Waals surface area contributed by atoms with Crippen LogP contribution in [0.15, 0.2) is 24.3 Å². The van der Waals surface area contributed by atoms with E-state index in [0.29, 0.717) is 5.56 Å². The van der Waals surface area contributed by atoms with Crippen molar-refractivity contribution < 1.29 is 29.3 Å². The molecule has 8 heteroatoms. The van der Waals surface area contributed by atoms with E-state index in [4.69, 9.17) is 9.84 Å². The Balaban J connectivity index is 1.99. The number of amides is 2. The zero-order valence-electron chi connectivity index (χ0n) is 11.7. The molecular formula is C14H16N2O6. The van der Waals surface area contributed by atoms with E-state index >= 15 is 0 Å². The molecule has 1 aromatic rings. The van der Waals surface area contributed by atoms with Crippen LogP contribution in [-0.2, 0) is 20.9 Å². The minimum Gasteiger partial charge on any atom is -0.508 e. The van der Waals surface area contributed by atoms with Crippen molar-refractivity contribution >= 4 is 18.0 Å². The van der Waals surface area contributed by atoms with Crippen molar-refractivity contribution in [3.05, 3.63) is 29.8 Å². The molecule has 1 aliphatic heterocycles. The van der Waals surface area contributed by atoms with Gasteiger partial charge in [-0.05, 0) is 17.7 Å². The molecule has 1 atom stereocenters. The first-order valence-corrected chi connectivity index (χ1v) is 6.68. The van der Waals surface area contributed by atoms with E-state index in [-0.39, 0.29) is 31.9 Å². The second-order valence-corrected chi connectivity index (χ2v) is 4.83. The number of carbonyl (C=O) groups excluding carboxylic acids is 2. The van der Waals surface area contributed by atoms with E-state index in [1.165, 1.54) is 17.0 Å². The first-order chi connectivity index (χ1) is 10.5. The fourth-order valence-electron chi connectivity index (χ4n) is 2.10. The van der Waals surface area contributed by atoms with Gasteiger partial charge < -0.3 is 20.3 Å². The van der Waals surface area contributed by atoms with Crippen LogP contribution in [0.4, 0.5) is 4.79 Å². The number of carboxylic acids is 1. The van der Waals surface area contributed by atoms with Gasteiger partial charge in [-0.1, -0.05) is 12.1 Å². The van der Waals surface area contributed by atoms with Gasteiger partial charge in [0.25, 0.3) is 0 Å². The van der Waals surface area contributed by atoms with E-state index in [9.17, 15) is 19.5 Å². The second-order valence-electron chi connectivity index (χ2n) is 4.83. The highest BCUT2D eigenvalue weighted by molar-refractivity contribution is 5.88. The van der Waals surface area contributed by atoms with Gasteiger partial charge in [0.1, 0.15) is 18.4 Å². The van der Waals surface area contributed by atoms with E-state index in [1.807, 2.05) is 0 Å². The number of aliphatic carboxylic acids is 1. The van der Waals surface area contributed by atoms with Crippen LogP contribution in [0.2, 0.25) is 0 Å². The fraction of sp³-hybridized carbons (Fsp3) is 0.357. The van der Waals surface area contributed by atoms with Crippen LogP contribution in [-0.4, -0.2) is 52.3 Å². The quantitative estimate of drug-likeness (QED) is 0.696. The first-order valence-electron chi connectivity index (χ1n) is 6.68. The molecule has 0 saturated carbocycles. The molecule has 0 aliphatic carbocycles. The molecule has 3 N–H and O–H groups in total. The normalized spacial score (nSPS) is 17.2. The third kappa shape index (κ3) is 3.87. The zero-order chi connectivity index (χ0) is 16.1. The largest absolute Gasteiger partial charge is 0.508 e. The van der Waals surface area contributed by atoms with Crippen molar-refractivity contribution in [2.45, 2.75) is 19.0 Å². The lowest BCUT2D eigenvalue weighted by Gasteiger charge is -2.20. The predicted octanol–water partition coefficient (Wildman–Crippen LogP) is 0.304. The molecule has 2 amide bonds. The average Bonchev–Trinajstić information content (AvgIpc) is 2.80. The Morgan fingerprint density at radius 1 is 1.41 bits per heavy atom. The van der Waals surface area contributed by atoms with Crippen LogP contribution in [0.25, 0.3) is 0 Å². The maximum Gasteiger partial charge on any atom is 0.410 e. The molecule has 2 rings (SSSR count). The van der Waals surface area contributed by atoms with Crippen molar-refractivity contribution in [1.29, 1.82) is 0 Å². The van der Waals surface area contributed by atoms with Crippen LogP contribution in [0, 0.1) is 0 Å². The highest BCUT2D eigenvalue weighted by Gasteiger charge is 2.37. The lowest BCUT2D eigenvalue weighted by atomic mass is 10.1. The second kappa shape index (κ2) is 6.79. The van der Waals surface area contributed by atoms with Gasteiger partial charge in [-0.15, -0.1) is 0 Å². The van der Waals surface area contributed by atoms with Crippen LogP contribution in [0.5, 0.6) is 5.75 Å². The number of ether oxygens (including phenoxy) is 1. The molecule has 0 bridgehead atoms. The summed E-state index contributed by atoms with van der Waals surface area (Å²) in [6, 6.07) is 5.52. The molecule has 1 aromatic carbocycles. The smallest absolute Gasteiger partial charge is 0.410 e. The third-order valence-electron chi connectivity index (χ3n) is 3.18. The Kier molecular flexibility index (Phi) is 4.82. The van der Waals surface area contributed by atoms with Gasteiger partial charge in [0.2, 0.25) is 5.91 Å². The number of nitrogens with zero attached hydrogens (tertiary/aromatic N) is 1. The van der Waals surface area contributed by atoms with Gasteiger partial charge in [-0.3, -0.25) is 14.5 Å². The molecule has 1 saturated heterocycles. The lowest BCUT2D eigenvalue weighted by molar-refractivity contribution is -0.137. The van der Waals surface area contributed by atoms with E-state index in [1.54, 1.807) is 12.1 Å². The van der Waals surface area contributed by atoms with Crippen molar-refractivity contribution in [2.24, 2.45) is 0 Å². The number of phenolic OH excluding ortho intramolecular Hbond substituents is 1. The molecule has 0 unspecified atom stereocenters. The Hall–Kier alpha value is -2.77. The standard InChI is InChI=1S/C14H16N2O6/c17-10-3-1-2-9(6-10)7-16-11(8-22-14(16)21)13(20)15-5-4-12(18)19/h1-3,6,11,17H,4-5,7-8H2,(H,15,20)(H,18,19)/t11-/m0/s1. The van der Waals surface area contributed by atoms with Crippen molar-refractivity contribution in [1.82, 2.24) is 10.2 Å². The average molecular weight is 308 g/mol. The summed E-state index contributed by atoms with van der Waals surface area (Å²) >= 11 is 0. The molecule has 1 aliphatic rings. The number of benzene rings is 1. The summed E-state index contributed by atoms with van der Waals surface area (Å²) in [6.45, 7) is 0.0135. The molecule has 1 fully saturated rings. The Morgan fingerprint density at radius 3 is 2.86 bits per heavy atom. The molecule has 118 valence electrons. The van der Waals surface area contributed by atoms with E-state index in [2.05, 4.69) is 5.32 Å². The maximum absolute atomic E-state index is 12.0. The third-order valence-corrected chi connectivity index (χ3v) is 3.18. The molecule has 1 heterocycles. The number of phenols is 1. The number of cyclic esters (lactones) is 1. The number of hydrogen-bond acceptors (Lipinski definition) is 5. The summed E-state index contributed by atoms with van der Waals surface area (Å²) in [6.07, 6.45) is -0.818. The minimum atomic E-state index is -1.02. The molecule has 0 aromatic heterocycles. The van der Waals surface area contributed by atoms with Gasteiger partial charge in [0.15, 0.2) is 0 Å². The summed E-state index contributed by atoms with van der Waals surface area (Å²) in [7, 11) is 0. The highest BCUT2D eigenvalue weighted by Crippen LogP contribution is 2.19. The van der Waals surface area contributed by atoms with Crippen LogP contribution in [0.3, 0.4) is 0 Å². The lowest BCUT2D eigenvalue weighted by Crippen LogP contribution is -2.45. The Morgan fingerprint density at radius 2 is 2.18 bits per heavy atom. The number of hydrogen-bond donors (Lipinski definition) is 3. The Labute approximate surface area is 126 Å². The van der Waals surface area contributed by atoms with E-state index in [0.717, 1.165) is 0 Å². The maximum atomic E-state index is 12.0. The van der Waals surface area contributed by atoms with Crippen LogP contribution in [0.1, 0.15) is 12.0 Å². The topological polar surface area (TPSA) is 116 Å². The molecule has 8 nitrogen and oxygen atoms in total. The predicted molar refractivity (Wildman–Crippen MR) is 74.0 cm³/mol. The van der Waals surface area contributed by atoms with Gasteiger partial charge in [0, 0.05) is 6.54 Å². The van der Waals surface area contributed by atoms with Crippen molar-refractivity contribution in [2.75, 3.05) is 13.2 Å². The monoisotopic (exact) mass is 308 g/mol. The number of carbonyl (C=O) groups is 3. The molecular weight excluding hydrogens is 292 g/mol. The molecule has 0 spiro atoms. The summed E-state index contributed by atoms with van der Waals surface area (Å²) < 4.78 is 4.88. The number of nitrogens with one attached hydrogen (secondary N) is 1. The van der Waals surface area contributed by atoms with Gasteiger partial charge in [-0.25, -0.2) is 4.79 Å². The van der Waals surface area contributed by atoms with Crippen molar-refractivity contribution in [3.8, 4) is 5.75 Å². The summed E-state index contributed by atoms with van der Waals surface area (Å²) in [5.41, 5.74) is 0.655. The van der Waals surface area contributed by atoms with Gasteiger partial charge >= 0.3 is 12.1 Å². The first kappa shape index (κ1) is 15.6. The SMILES string of the molecule is O=C(O)CCNC(=O)[C@@H]1COC(=O)N1Cc1cccc(O)c1. The summed E-state index contributed by atoms with van der Waals surface area (Å²) in [5, 5.41) is 20.4. The van der Waals surface area contributed by atoms with Crippen LogP contribution >= 0.6 is 0 Å². The Bertz CT molecular complexity index is 588. The number of rotatable bonds is 6.